The predicted octanol–water partition coefficient (Wildman–Crippen LogP) is 2.16. The monoisotopic (exact) mass is 273 g/mol. The van der Waals surface area contributed by atoms with Crippen LogP contribution in [0.25, 0.3) is 0 Å². The number of carbonyl (C=O) groups excluding carboxylic acids is 2. The highest BCUT2D eigenvalue weighted by Gasteiger charge is 2.29. The maximum atomic E-state index is 11.6. The smallest absolute Gasteiger partial charge is 0.307 e. The van der Waals surface area contributed by atoms with Gasteiger partial charge in [-0.3, -0.25) is 9.59 Å². The zero-order valence-electron chi connectivity index (χ0n) is 10.7. The first kappa shape index (κ1) is 15.0. The molecule has 102 valence electrons. The Bertz CT molecular complexity index is 330. The van der Waals surface area contributed by atoms with Crippen LogP contribution in [-0.4, -0.2) is 29.9 Å². The van der Waals surface area contributed by atoms with Gasteiger partial charge in [-0.2, -0.15) is 0 Å². The molecule has 1 rings (SSSR count). The lowest BCUT2D eigenvalue weighted by Gasteiger charge is -2.31. The van der Waals surface area contributed by atoms with Gasteiger partial charge >= 0.3 is 5.97 Å². The summed E-state index contributed by atoms with van der Waals surface area (Å²) in [7, 11) is 0. The molecule has 1 aliphatic carbocycles. The number of amides is 1. The third kappa shape index (κ3) is 4.69. The minimum absolute atomic E-state index is 0.109. The van der Waals surface area contributed by atoms with Crippen LogP contribution >= 0.6 is 11.6 Å². The second-order valence-electron chi connectivity index (χ2n) is 4.61. The van der Waals surface area contributed by atoms with Crippen LogP contribution in [0.3, 0.4) is 0 Å². The second-order valence-corrected chi connectivity index (χ2v) is 4.99. The molecule has 2 unspecified atom stereocenters. The maximum Gasteiger partial charge on any atom is 0.307 e. The topological polar surface area (TPSA) is 55.4 Å². The molecule has 0 radical (unpaired) electrons. The van der Waals surface area contributed by atoms with Crippen molar-refractivity contribution in [3.8, 4) is 0 Å². The summed E-state index contributed by atoms with van der Waals surface area (Å²) in [6.45, 7) is 5.26. The molecule has 0 spiro atoms. The third-order valence-corrected chi connectivity index (χ3v) is 3.18. The Morgan fingerprint density at radius 1 is 1.39 bits per heavy atom. The first-order valence-corrected chi connectivity index (χ1v) is 6.80. The molecule has 1 saturated carbocycles. The van der Waals surface area contributed by atoms with Crippen LogP contribution in [0.2, 0.25) is 0 Å². The summed E-state index contributed by atoms with van der Waals surface area (Å²) in [5.74, 6) is -0.222. The van der Waals surface area contributed by atoms with Crippen molar-refractivity contribution in [1.29, 1.82) is 0 Å². The van der Waals surface area contributed by atoms with Crippen LogP contribution < -0.4 is 5.32 Å². The largest absolute Gasteiger partial charge is 0.460 e. The van der Waals surface area contributed by atoms with Crippen LogP contribution in [0.15, 0.2) is 12.2 Å². The molecule has 0 aromatic heterocycles. The Kier molecular flexibility index (Phi) is 6.19. The Labute approximate surface area is 113 Å². The Morgan fingerprint density at radius 2 is 2.06 bits per heavy atom. The average Bonchev–Trinajstić information content (AvgIpc) is 2.31. The summed E-state index contributed by atoms with van der Waals surface area (Å²) in [5.41, 5.74) is 0.464. The molecule has 1 aliphatic rings. The normalized spacial score (nSPS) is 23.2. The van der Waals surface area contributed by atoms with Gasteiger partial charge in [0.2, 0.25) is 5.91 Å². The molecule has 5 heteroatoms. The summed E-state index contributed by atoms with van der Waals surface area (Å²) in [6, 6.07) is -0.109. The van der Waals surface area contributed by atoms with E-state index < -0.39 is 0 Å². The average molecular weight is 274 g/mol. The maximum absolute atomic E-state index is 11.6. The Morgan fingerprint density at radius 3 is 2.67 bits per heavy atom. The van der Waals surface area contributed by atoms with Crippen LogP contribution in [-0.2, 0) is 14.3 Å². The lowest BCUT2D eigenvalue weighted by Crippen LogP contribution is -2.47. The highest BCUT2D eigenvalue weighted by atomic mass is 35.5. The van der Waals surface area contributed by atoms with Crippen molar-refractivity contribution in [2.75, 3.05) is 5.88 Å². The molecule has 0 aromatic rings. The van der Waals surface area contributed by atoms with Crippen molar-refractivity contribution in [1.82, 2.24) is 5.32 Å². The van der Waals surface area contributed by atoms with E-state index in [-0.39, 0.29) is 36.3 Å². The highest BCUT2D eigenvalue weighted by molar-refractivity contribution is 6.18. The van der Waals surface area contributed by atoms with E-state index in [2.05, 4.69) is 11.9 Å². The van der Waals surface area contributed by atoms with E-state index in [0.29, 0.717) is 5.57 Å². The highest BCUT2D eigenvalue weighted by Crippen LogP contribution is 2.22. The molecule has 0 heterocycles. The molecule has 1 N–H and O–H groups in total. The lowest BCUT2D eigenvalue weighted by molar-refractivity contribution is -0.152. The van der Waals surface area contributed by atoms with Gasteiger partial charge in [-0.1, -0.05) is 13.0 Å². The summed E-state index contributed by atoms with van der Waals surface area (Å²) in [4.78, 5) is 23.0. The number of halogens is 1. The predicted molar refractivity (Wildman–Crippen MR) is 70.4 cm³/mol. The van der Waals surface area contributed by atoms with Gasteiger partial charge < -0.3 is 10.1 Å². The Hall–Kier alpha value is -1.03. The molecule has 0 aliphatic heterocycles. The number of carbonyl (C=O) groups is 2. The van der Waals surface area contributed by atoms with Gasteiger partial charge in [0.1, 0.15) is 6.10 Å². The van der Waals surface area contributed by atoms with E-state index in [0.717, 1.165) is 25.7 Å². The fraction of sp³-hybridized carbons (Fsp3) is 0.692. The molecular formula is C13H20ClNO3. The van der Waals surface area contributed by atoms with Crippen molar-refractivity contribution >= 4 is 23.5 Å². The van der Waals surface area contributed by atoms with Crippen LogP contribution in [0.1, 0.15) is 39.0 Å². The van der Waals surface area contributed by atoms with Crippen LogP contribution in [0.4, 0.5) is 0 Å². The van der Waals surface area contributed by atoms with Crippen molar-refractivity contribution in [3.05, 3.63) is 12.2 Å². The number of rotatable bonds is 5. The molecule has 1 amide bonds. The van der Waals surface area contributed by atoms with Crippen molar-refractivity contribution in [3.63, 3.8) is 0 Å². The fourth-order valence-electron chi connectivity index (χ4n) is 2.00. The number of nitrogens with one attached hydrogen (secondary N) is 1. The molecule has 18 heavy (non-hydrogen) atoms. The van der Waals surface area contributed by atoms with Gasteiger partial charge in [0.05, 0.1) is 12.5 Å². The van der Waals surface area contributed by atoms with Gasteiger partial charge in [0, 0.05) is 11.5 Å². The van der Waals surface area contributed by atoms with Gasteiger partial charge in [-0.15, -0.1) is 11.6 Å². The number of hydrogen-bond acceptors (Lipinski definition) is 3. The van der Waals surface area contributed by atoms with Gasteiger partial charge in [0.15, 0.2) is 0 Å². The summed E-state index contributed by atoms with van der Waals surface area (Å²) >= 11 is 5.49. The molecular weight excluding hydrogens is 254 g/mol. The van der Waals surface area contributed by atoms with E-state index in [1.807, 2.05) is 0 Å². The van der Waals surface area contributed by atoms with Crippen LogP contribution in [0, 0.1) is 0 Å². The van der Waals surface area contributed by atoms with E-state index in [4.69, 9.17) is 16.3 Å². The minimum atomic E-state index is -0.300. The fourth-order valence-corrected chi connectivity index (χ4v) is 2.15. The number of esters is 1. The SMILES string of the molecule is C=C(C)C(=O)NC1CCCCC1OC(=O)CCCl. The van der Waals surface area contributed by atoms with Crippen molar-refractivity contribution in [2.45, 2.75) is 51.2 Å². The van der Waals surface area contributed by atoms with E-state index in [1.165, 1.54) is 0 Å². The molecule has 0 aromatic carbocycles. The summed E-state index contributed by atoms with van der Waals surface area (Å²) in [5, 5.41) is 2.87. The number of hydrogen-bond donors (Lipinski definition) is 1. The second kappa shape index (κ2) is 7.41. The zero-order valence-corrected chi connectivity index (χ0v) is 11.5. The van der Waals surface area contributed by atoms with E-state index in [9.17, 15) is 9.59 Å². The third-order valence-electron chi connectivity index (χ3n) is 2.99. The minimum Gasteiger partial charge on any atom is -0.460 e. The zero-order chi connectivity index (χ0) is 13.5. The molecule has 0 bridgehead atoms. The molecule has 1 fully saturated rings. The standard InChI is InChI=1S/C13H20ClNO3/c1-9(2)13(17)15-10-5-3-4-6-11(10)18-12(16)7-8-14/h10-11H,1,3-8H2,2H3,(H,15,17). The molecule has 2 atom stereocenters. The Balaban J connectivity index is 2.54. The van der Waals surface area contributed by atoms with E-state index in [1.54, 1.807) is 6.92 Å². The van der Waals surface area contributed by atoms with Gasteiger partial charge in [0.25, 0.3) is 0 Å². The van der Waals surface area contributed by atoms with E-state index >= 15 is 0 Å². The molecule has 4 nitrogen and oxygen atoms in total. The van der Waals surface area contributed by atoms with Gasteiger partial charge in [-0.25, -0.2) is 0 Å². The number of alkyl halides is 1. The lowest BCUT2D eigenvalue weighted by atomic mass is 9.92. The summed E-state index contributed by atoms with van der Waals surface area (Å²) in [6.07, 6.45) is 3.63. The first-order valence-electron chi connectivity index (χ1n) is 6.26. The molecule has 0 saturated heterocycles. The summed E-state index contributed by atoms with van der Waals surface area (Å²) < 4.78 is 5.36. The van der Waals surface area contributed by atoms with Crippen molar-refractivity contribution in [2.24, 2.45) is 0 Å². The number of ether oxygens (including phenoxy) is 1. The van der Waals surface area contributed by atoms with Crippen LogP contribution in [0.5, 0.6) is 0 Å². The van der Waals surface area contributed by atoms with Crippen molar-refractivity contribution < 1.29 is 14.3 Å². The quantitative estimate of drug-likeness (QED) is 0.474. The van der Waals surface area contributed by atoms with Gasteiger partial charge in [-0.05, 0) is 26.2 Å². The first-order chi connectivity index (χ1) is 8.54.